The Morgan fingerprint density at radius 2 is 1.44 bits per heavy atom. The molecule has 0 aromatic heterocycles. The first-order valence-electron chi connectivity index (χ1n) is 7.84. The van der Waals surface area contributed by atoms with Gasteiger partial charge in [0.2, 0.25) is 0 Å². The summed E-state index contributed by atoms with van der Waals surface area (Å²) in [6, 6.07) is 1.46. The molecule has 3 heteroatoms. The summed E-state index contributed by atoms with van der Waals surface area (Å²) in [6.07, 6.45) is 5.62. The van der Waals surface area contributed by atoms with Gasteiger partial charge in [-0.2, -0.15) is 0 Å². The Morgan fingerprint density at radius 1 is 0.944 bits per heavy atom. The minimum atomic E-state index is 0.0764. The highest BCUT2D eigenvalue weighted by atomic mass is 28.2. The zero-order chi connectivity index (χ0) is 13.8. The van der Waals surface area contributed by atoms with Crippen molar-refractivity contribution in [1.82, 2.24) is 9.80 Å². The van der Waals surface area contributed by atoms with E-state index in [2.05, 4.69) is 56.2 Å². The Hall–Kier alpha value is -0.123. The molecule has 0 fully saturated rings. The molecule has 0 aromatic rings. The van der Waals surface area contributed by atoms with E-state index < -0.39 is 0 Å². The Bertz CT molecular complexity index is 187. The van der Waals surface area contributed by atoms with E-state index in [1.54, 1.807) is 0 Å². The monoisotopic (exact) mass is 270 g/mol. The average Bonchev–Trinajstić information content (AvgIpc) is 2.40. The predicted molar refractivity (Wildman–Crippen MR) is 87.0 cm³/mol. The lowest BCUT2D eigenvalue weighted by atomic mass is 10.2. The summed E-state index contributed by atoms with van der Waals surface area (Å²) in [5.74, 6) is 0. The number of hydrogen-bond acceptors (Lipinski definition) is 2. The molecule has 0 aliphatic carbocycles. The van der Waals surface area contributed by atoms with Gasteiger partial charge in [-0.1, -0.05) is 46.2 Å². The van der Waals surface area contributed by atoms with Gasteiger partial charge in [0.25, 0.3) is 0 Å². The fourth-order valence-corrected chi connectivity index (χ4v) is 3.79. The molecule has 0 aliphatic heterocycles. The van der Waals surface area contributed by atoms with Crippen molar-refractivity contribution in [3.8, 4) is 0 Å². The van der Waals surface area contributed by atoms with Crippen molar-refractivity contribution in [3.63, 3.8) is 0 Å². The van der Waals surface area contributed by atoms with Crippen LogP contribution in [0.1, 0.15) is 47.5 Å². The lowest BCUT2D eigenvalue weighted by Gasteiger charge is -2.38. The van der Waals surface area contributed by atoms with Crippen LogP contribution >= 0.6 is 0 Å². The third-order valence-corrected chi connectivity index (χ3v) is 5.50. The van der Waals surface area contributed by atoms with Gasteiger partial charge in [-0.3, -0.25) is 9.80 Å². The van der Waals surface area contributed by atoms with Crippen molar-refractivity contribution >= 4 is 9.52 Å². The highest BCUT2D eigenvalue weighted by Crippen LogP contribution is 2.13. The first kappa shape index (κ1) is 17.9. The zero-order valence-corrected chi connectivity index (χ0v) is 14.7. The van der Waals surface area contributed by atoms with Crippen molar-refractivity contribution in [1.29, 1.82) is 0 Å². The molecule has 0 radical (unpaired) electrons. The molecular formula is C15H34N2Si. The second-order valence-electron chi connectivity index (χ2n) is 4.78. The largest absolute Gasteiger partial charge is 0.288 e. The molecule has 18 heavy (non-hydrogen) atoms. The van der Waals surface area contributed by atoms with Crippen molar-refractivity contribution in [2.45, 2.75) is 59.7 Å². The van der Waals surface area contributed by atoms with Gasteiger partial charge in [-0.25, -0.2) is 0 Å². The number of nitrogens with zero attached hydrogens (tertiary/aromatic N) is 2. The molecule has 2 nitrogen and oxygen atoms in total. The van der Waals surface area contributed by atoms with Crippen LogP contribution in [-0.2, 0) is 0 Å². The molecule has 0 unspecified atom stereocenters. The maximum Gasteiger partial charge on any atom is 0.0621 e. The fourth-order valence-electron chi connectivity index (χ4n) is 2.64. The van der Waals surface area contributed by atoms with Gasteiger partial charge >= 0.3 is 0 Å². The van der Waals surface area contributed by atoms with Gasteiger partial charge in [0.05, 0.1) is 6.17 Å². The molecule has 0 amide bonds. The van der Waals surface area contributed by atoms with Crippen LogP contribution in [0.5, 0.6) is 0 Å². The summed E-state index contributed by atoms with van der Waals surface area (Å²) in [7, 11) is 0.0764. The first-order valence-corrected chi connectivity index (χ1v) is 9.65. The van der Waals surface area contributed by atoms with Crippen molar-refractivity contribution in [2.24, 2.45) is 0 Å². The normalized spacial score (nSPS) is 13.1. The highest BCUT2D eigenvalue weighted by molar-refractivity contribution is 6.41. The SMILES string of the molecule is CC=C[SiH2]CCCC(N(CC)CC)N(CC)CC. The van der Waals surface area contributed by atoms with Crippen LogP contribution in [-0.4, -0.2) is 51.7 Å². The molecule has 0 N–H and O–H groups in total. The summed E-state index contributed by atoms with van der Waals surface area (Å²) in [4.78, 5) is 5.23. The van der Waals surface area contributed by atoms with Gasteiger partial charge in [0.1, 0.15) is 0 Å². The molecule has 0 saturated heterocycles. The standard InChI is InChI=1S/C15H34N2Si/c1-6-13-18-14-11-12-15(16(7-2)8-3)17(9-4)10-5/h6,13,15H,7-12,14,18H2,1-5H3. The Morgan fingerprint density at radius 3 is 1.83 bits per heavy atom. The van der Waals surface area contributed by atoms with Gasteiger partial charge < -0.3 is 0 Å². The van der Waals surface area contributed by atoms with Gasteiger partial charge in [0, 0.05) is 9.52 Å². The van der Waals surface area contributed by atoms with Crippen molar-refractivity contribution in [3.05, 3.63) is 11.8 Å². The van der Waals surface area contributed by atoms with Crippen LogP contribution in [0.15, 0.2) is 11.8 Å². The molecule has 0 aromatic carbocycles. The molecule has 0 bridgehead atoms. The lowest BCUT2D eigenvalue weighted by Crippen LogP contribution is -2.48. The van der Waals surface area contributed by atoms with Crippen LogP contribution in [0.25, 0.3) is 0 Å². The molecule has 0 atom stereocenters. The Labute approximate surface area is 117 Å². The quantitative estimate of drug-likeness (QED) is 0.324. The van der Waals surface area contributed by atoms with Crippen LogP contribution < -0.4 is 0 Å². The summed E-state index contributed by atoms with van der Waals surface area (Å²) in [5.41, 5.74) is 2.42. The average molecular weight is 271 g/mol. The van der Waals surface area contributed by atoms with Crippen molar-refractivity contribution in [2.75, 3.05) is 26.2 Å². The number of rotatable bonds is 11. The summed E-state index contributed by atoms with van der Waals surface area (Å²) in [6.45, 7) is 16.0. The van der Waals surface area contributed by atoms with Crippen LogP contribution in [0, 0.1) is 0 Å². The summed E-state index contributed by atoms with van der Waals surface area (Å²) in [5, 5.41) is 0. The first-order chi connectivity index (χ1) is 8.74. The third kappa shape index (κ3) is 6.71. The number of hydrogen-bond donors (Lipinski definition) is 0. The smallest absolute Gasteiger partial charge is 0.0621 e. The van der Waals surface area contributed by atoms with E-state index in [1.165, 1.54) is 45.1 Å². The van der Waals surface area contributed by atoms with E-state index >= 15 is 0 Å². The van der Waals surface area contributed by atoms with E-state index in [4.69, 9.17) is 0 Å². The molecule has 0 saturated carbocycles. The minimum Gasteiger partial charge on any atom is -0.288 e. The molecule has 0 aliphatic rings. The highest BCUT2D eigenvalue weighted by Gasteiger charge is 2.20. The second kappa shape index (κ2) is 11.9. The molecular weight excluding hydrogens is 236 g/mol. The molecule has 0 spiro atoms. The topological polar surface area (TPSA) is 6.48 Å². The predicted octanol–water partition coefficient (Wildman–Crippen LogP) is 2.90. The van der Waals surface area contributed by atoms with E-state index in [0.717, 1.165) is 0 Å². The van der Waals surface area contributed by atoms with E-state index in [1.807, 2.05) is 0 Å². The third-order valence-electron chi connectivity index (χ3n) is 3.79. The van der Waals surface area contributed by atoms with Crippen LogP contribution in [0.3, 0.4) is 0 Å². The van der Waals surface area contributed by atoms with Crippen LogP contribution in [0.2, 0.25) is 6.04 Å². The Balaban J connectivity index is 4.28. The maximum absolute atomic E-state index is 2.62. The molecule has 0 rings (SSSR count). The summed E-state index contributed by atoms with van der Waals surface area (Å²) >= 11 is 0. The van der Waals surface area contributed by atoms with E-state index in [0.29, 0.717) is 6.17 Å². The summed E-state index contributed by atoms with van der Waals surface area (Å²) < 4.78 is 0. The molecule has 0 heterocycles. The van der Waals surface area contributed by atoms with E-state index in [-0.39, 0.29) is 9.52 Å². The lowest BCUT2D eigenvalue weighted by molar-refractivity contribution is 0.0497. The van der Waals surface area contributed by atoms with Crippen LogP contribution in [0.4, 0.5) is 0 Å². The fraction of sp³-hybridized carbons (Fsp3) is 0.867. The van der Waals surface area contributed by atoms with Gasteiger partial charge in [-0.15, -0.1) is 5.70 Å². The maximum atomic E-state index is 2.62. The van der Waals surface area contributed by atoms with Crippen molar-refractivity contribution < 1.29 is 0 Å². The van der Waals surface area contributed by atoms with Gasteiger partial charge in [-0.05, 0) is 39.5 Å². The van der Waals surface area contributed by atoms with Gasteiger partial charge in [0.15, 0.2) is 0 Å². The number of allylic oxidation sites excluding steroid dienone is 1. The zero-order valence-electron chi connectivity index (χ0n) is 13.3. The minimum absolute atomic E-state index is 0.0764. The Kier molecular flexibility index (Phi) is 11.9. The molecule has 108 valence electrons. The van der Waals surface area contributed by atoms with E-state index in [9.17, 15) is 0 Å². The second-order valence-corrected chi connectivity index (χ2v) is 6.53.